The van der Waals surface area contributed by atoms with Crippen molar-refractivity contribution in [2.24, 2.45) is 0 Å². The number of furan rings is 1. The molecule has 2 aromatic rings. The molecule has 3 N–H and O–H groups in total. The average Bonchev–Trinajstić information content (AvgIpc) is 2.87. The lowest BCUT2D eigenvalue weighted by molar-refractivity contribution is 0.479. The van der Waals surface area contributed by atoms with Crippen molar-refractivity contribution < 1.29 is 12.8 Å². The largest absolute Gasteiger partial charge is 0.469 e. The van der Waals surface area contributed by atoms with E-state index in [1.165, 1.54) is 18.4 Å². The number of nitrogens with two attached hydrogens (primary N) is 1. The zero-order valence-electron chi connectivity index (χ0n) is 11.1. The maximum atomic E-state index is 12.3. The summed E-state index contributed by atoms with van der Waals surface area (Å²) in [5, 5.41) is 0.128. The van der Waals surface area contributed by atoms with Crippen LogP contribution in [0, 0.1) is 0 Å². The highest BCUT2D eigenvalue weighted by molar-refractivity contribution is 7.89. The van der Waals surface area contributed by atoms with E-state index in [2.05, 4.69) is 4.72 Å². The first-order valence-corrected chi connectivity index (χ1v) is 8.33. The highest BCUT2D eigenvalue weighted by Gasteiger charge is 2.23. The number of hydrogen-bond donors (Lipinski definition) is 2. The van der Waals surface area contributed by atoms with E-state index in [0.717, 1.165) is 0 Å². The summed E-state index contributed by atoms with van der Waals surface area (Å²) in [5.41, 5.74) is 5.69. The van der Waals surface area contributed by atoms with Crippen LogP contribution in [0.1, 0.15) is 12.7 Å². The van der Waals surface area contributed by atoms with Crippen LogP contribution in [0.5, 0.6) is 0 Å². The summed E-state index contributed by atoms with van der Waals surface area (Å²) in [4.78, 5) is -0.0997. The highest BCUT2D eigenvalue weighted by atomic mass is 35.5. The summed E-state index contributed by atoms with van der Waals surface area (Å²) < 4.78 is 32.4. The molecular weight excluding hydrogens is 335 g/mol. The standard InChI is InChI=1S/C13H14Cl2N2O3S/c1-8(7-9-3-2-6-20-9)17-21(18,19)11-5-4-10(14)13(16)12(11)15/h2-6,8,17H,7,16H2,1H3. The molecule has 0 fully saturated rings. The third-order valence-electron chi connectivity index (χ3n) is 2.82. The Hall–Kier alpha value is -1.21. The van der Waals surface area contributed by atoms with Gasteiger partial charge in [-0.15, -0.1) is 0 Å². The molecule has 0 aliphatic heterocycles. The van der Waals surface area contributed by atoms with Gasteiger partial charge in [0.15, 0.2) is 0 Å². The Balaban J connectivity index is 2.20. The Morgan fingerprint density at radius 1 is 1.33 bits per heavy atom. The molecule has 0 aliphatic carbocycles. The van der Waals surface area contributed by atoms with E-state index in [1.54, 1.807) is 19.1 Å². The fraction of sp³-hybridized carbons (Fsp3) is 0.231. The van der Waals surface area contributed by atoms with E-state index < -0.39 is 10.0 Å². The summed E-state index contributed by atoms with van der Waals surface area (Å²) in [6, 6.07) is 5.87. The van der Waals surface area contributed by atoms with E-state index in [-0.39, 0.29) is 26.7 Å². The summed E-state index contributed by atoms with van der Waals surface area (Å²) in [5.74, 6) is 0.687. The van der Waals surface area contributed by atoms with Gasteiger partial charge in [-0.1, -0.05) is 23.2 Å². The second-order valence-electron chi connectivity index (χ2n) is 4.58. The van der Waals surface area contributed by atoms with Gasteiger partial charge in [0.05, 0.1) is 22.0 Å². The lowest BCUT2D eigenvalue weighted by atomic mass is 10.2. The monoisotopic (exact) mass is 348 g/mol. The number of benzene rings is 1. The van der Waals surface area contributed by atoms with E-state index in [0.29, 0.717) is 12.2 Å². The van der Waals surface area contributed by atoms with Gasteiger partial charge >= 0.3 is 0 Å². The van der Waals surface area contributed by atoms with E-state index in [1.807, 2.05) is 0 Å². The number of nitrogen functional groups attached to an aromatic ring is 1. The van der Waals surface area contributed by atoms with Gasteiger partial charge in [-0.25, -0.2) is 13.1 Å². The van der Waals surface area contributed by atoms with Gasteiger partial charge in [0.2, 0.25) is 10.0 Å². The maximum absolute atomic E-state index is 12.3. The average molecular weight is 349 g/mol. The molecule has 8 heteroatoms. The normalized spacial score (nSPS) is 13.3. The molecule has 0 saturated heterocycles. The molecule has 0 amide bonds. The fourth-order valence-electron chi connectivity index (χ4n) is 1.86. The third-order valence-corrected chi connectivity index (χ3v) is 5.31. The van der Waals surface area contributed by atoms with Crippen molar-refractivity contribution >= 4 is 38.9 Å². The molecule has 1 unspecified atom stereocenters. The Kier molecular flexibility index (Phi) is 4.83. The zero-order valence-corrected chi connectivity index (χ0v) is 13.5. The molecule has 5 nitrogen and oxygen atoms in total. The molecule has 1 atom stereocenters. The van der Waals surface area contributed by atoms with Crippen LogP contribution in [-0.4, -0.2) is 14.5 Å². The summed E-state index contributed by atoms with van der Waals surface area (Å²) in [6.07, 6.45) is 1.96. The lowest BCUT2D eigenvalue weighted by Crippen LogP contribution is -2.34. The number of hydrogen-bond acceptors (Lipinski definition) is 4. The molecule has 1 aromatic carbocycles. The van der Waals surface area contributed by atoms with Crippen molar-refractivity contribution in [2.45, 2.75) is 24.3 Å². The van der Waals surface area contributed by atoms with Crippen molar-refractivity contribution in [1.82, 2.24) is 4.72 Å². The smallest absolute Gasteiger partial charge is 0.242 e. The molecule has 0 radical (unpaired) electrons. The third kappa shape index (κ3) is 3.71. The molecule has 0 aliphatic rings. The number of anilines is 1. The predicted molar refractivity (Wildman–Crippen MR) is 83.1 cm³/mol. The quantitative estimate of drug-likeness (QED) is 0.813. The van der Waals surface area contributed by atoms with E-state index >= 15 is 0 Å². The minimum atomic E-state index is -3.79. The number of halogens is 2. The summed E-state index contributed by atoms with van der Waals surface area (Å²) >= 11 is 11.8. The molecule has 2 rings (SSSR count). The van der Waals surface area contributed by atoms with Gasteiger partial charge < -0.3 is 10.2 Å². The molecule has 21 heavy (non-hydrogen) atoms. The van der Waals surface area contributed by atoms with Crippen LogP contribution in [0.2, 0.25) is 10.0 Å². The minimum Gasteiger partial charge on any atom is -0.469 e. The van der Waals surface area contributed by atoms with Gasteiger partial charge in [0.25, 0.3) is 0 Å². The topological polar surface area (TPSA) is 85.3 Å². The first-order chi connectivity index (χ1) is 9.81. The molecule has 1 aromatic heterocycles. The zero-order chi connectivity index (χ0) is 15.6. The van der Waals surface area contributed by atoms with Crippen LogP contribution in [0.4, 0.5) is 5.69 Å². The second-order valence-corrected chi connectivity index (χ2v) is 7.05. The summed E-state index contributed by atoms with van der Waals surface area (Å²) in [7, 11) is -3.79. The van der Waals surface area contributed by atoms with Crippen LogP contribution < -0.4 is 10.5 Å². The first kappa shape index (κ1) is 16.2. The second kappa shape index (κ2) is 6.27. The van der Waals surface area contributed by atoms with Gasteiger partial charge in [-0.05, 0) is 31.2 Å². The Bertz CT molecular complexity index is 730. The van der Waals surface area contributed by atoms with Gasteiger partial charge in [-0.2, -0.15) is 0 Å². The number of rotatable bonds is 5. The molecule has 0 bridgehead atoms. The molecule has 0 saturated carbocycles. The van der Waals surface area contributed by atoms with Crippen LogP contribution in [0.25, 0.3) is 0 Å². The van der Waals surface area contributed by atoms with Gasteiger partial charge in [0.1, 0.15) is 10.7 Å². The Labute approximate surface area is 133 Å². The van der Waals surface area contributed by atoms with Crippen molar-refractivity contribution in [2.75, 3.05) is 5.73 Å². The van der Waals surface area contributed by atoms with Crippen LogP contribution in [0.15, 0.2) is 39.8 Å². The molecule has 114 valence electrons. The van der Waals surface area contributed by atoms with E-state index in [4.69, 9.17) is 33.4 Å². The Morgan fingerprint density at radius 2 is 2.05 bits per heavy atom. The Morgan fingerprint density at radius 3 is 2.67 bits per heavy atom. The van der Waals surface area contributed by atoms with Crippen molar-refractivity contribution in [1.29, 1.82) is 0 Å². The van der Waals surface area contributed by atoms with Gasteiger partial charge in [-0.3, -0.25) is 0 Å². The first-order valence-electron chi connectivity index (χ1n) is 6.09. The van der Waals surface area contributed by atoms with E-state index in [9.17, 15) is 8.42 Å². The van der Waals surface area contributed by atoms with Crippen LogP contribution in [-0.2, 0) is 16.4 Å². The SMILES string of the molecule is CC(Cc1ccco1)NS(=O)(=O)c1ccc(Cl)c(N)c1Cl. The van der Waals surface area contributed by atoms with Crippen molar-refractivity contribution in [3.05, 3.63) is 46.3 Å². The minimum absolute atomic E-state index is 0.0416. The highest BCUT2D eigenvalue weighted by Crippen LogP contribution is 2.33. The molecular formula is C13H14Cl2N2O3S. The predicted octanol–water partition coefficient (Wildman–Crippen LogP) is 3.08. The van der Waals surface area contributed by atoms with Crippen LogP contribution in [0.3, 0.4) is 0 Å². The lowest BCUT2D eigenvalue weighted by Gasteiger charge is -2.15. The van der Waals surface area contributed by atoms with Crippen LogP contribution >= 0.6 is 23.2 Å². The van der Waals surface area contributed by atoms with Crippen molar-refractivity contribution in [3.63, 3.8) is 0 Å². The number of nitrogens with one attached hydrogen (secondary N) is 1. The summed E-state index contributed by atoms with van der Waals surface area (Å²) in [6.45, 7) is 1.73. The maximum Gasteiger partial charge on any atom is 0.242 e. The molecule has 1 heterocycles. The van der Waals surface area contributed by atoms with Gasteiger partial charge in [0, 0.05) is 12.5 Å². The number of sulfonamides is 1. The molecule has 0 spiro atoms. The van der Waals surface area contributed by atoms with Crippen molar-refractivity contribution in [3.8, 4) is 0 Å². The fourth-order valence-corrected chi connectivity index (χ4v) is 3.87.